The van der Waals surface area contributed by atoms with Gasteiger partial charge in [0.1, 0.15) is 5.75 Å². The number of benzene rings is 3. The first-order chi connectivity index (χ1) is 15.1. The van der Waals surface area contributed by atoms with E-state index in [0.29, 0.717) is 28.4 Å². The molecule has 4 rings (SSSR count). The summed E-state index contributed by atoms with van der Waals surface area (Å²) in [7, 11) is 1.54. The van der Waals surface area contributed by atoms with Crippen molar-refractivity contribution in [2.24, 2.45) is 0 Å². The monoisotopic (exact) mass is 416 g/mol. The molecule has 1 aliphatic rings. The van der Waals surface area contributed by atoms with Gasteiger partial charge in [0, 0.05) is 17.6 Å². The van der Waals surface area contributed by atoms with Crippen molar-refractivity contribution in [2.45, 2.75) is 6.42 Å². The SMILES string of the molecule is COc1ccc(C(=O)/C(Cc2ccccc2)=C(/C(=O)O)c2ccc3c(c2)OCO3)cc1. The van der Waals surface area contributed by atoms with Gasteiger partial charge in [0.05, 0.1) is 12.7 Å². The molecular weight excluding hydrogens is 396 g/mol. The van der Waals surface area contributed by atoms with Gasteiger partial charge in [-0.2, -0.15) is 0 Å². The van der Waals surface area contributed by atoms with Gasteiger partial charge in [0.2, 0.25) is 6.79 Å². The van der Waals surface area contributed by atoms with E-state index in [1.807, 2.05) is 30.3 Å². The Balaban J connectivity index is 1.86. The molecule has 0 bridgehead atoms. The molecule has 0 atom stereocenters. The van der Waals surface area contributed by atoms with Crippen molar-refractivity contribution in [3.8, 4) is 17.2 Å². The quantitative estimate of drug-likeness (QED) is 0.454. The highest BCUT2D eigenvalue weighted by molar-refractivity contribution is 6.26. The van der Waals surface area contributed by atoms with Crippen molar-refractivity contribution in [1.29, 1.82) is 0 Å². The summed E-state index contributed by atoms with van der Waals surface area (Å²) in [5.41, 5.74) is 1.71. The number of ketones is 1. The maximum absolute atomic E-state index is 13.5. The average Bonchev–Trinajstić information content (AvgIpc) is 3.27. The van der Waals surface area contributed by atoms with E-state index in [-0.39, 0.29) is 30.1 Å². The van der Waals surface area contributed by atoms with Crippen LogP contribution in [0.25, 0.3) is 5.57 Å². The number of ether oxygens (including phenoxy) is 3. The summed E-state index contributed by atoms with van der Waals surface area (Å²) in [4.78, 5) is 25.8. The fourth-order valence-electron chi connectivity index (χ4n) is 3.48. The van der Waals surface area contributed by atoms with Crippen LogP contribution in [-0.4, -0.2) is 30.8 Å². The van der Waals surface area contributed by atoms with Gasteiger partial charge in [-0.15, -0.1) is 0 Å². The van der Waals surface area contributed by atoms with Gasteiger partial charge in [-0.3, -0.25) is 4.79 Å². The highest BCUT2D eigenvalue weighted by Crippen LogP contribution is 2.36. The smallest absolute Gasteiger partial charge is 0.336 e. The number of carboxylic acid groups (broad SMARTS) is 1. The average molecular weight is 416 g/mol. The number of hydrogen-bond donors (Lipinski definition) is 1. The first-order valence-corrected chi connectivity index (χ1v) is 9.66. The normalized spacial score (nSPS) is 12.8. The molecule has 31 heavy (non-hydrogen) atoms. The minimum Gasteiger partial charge on any atom is -0.497 e. The van der Waals surface area contributed by atoms with Crippen LogP contribution in [0.2, 0.25) is 0 Å². The molecular formula is C25H20O6. The third-order valence-corrected chi connectivity index (χ3v) is 5.03. The molecule has 3 aromatic rings. The van der Waals surface area contributed by atoms with E-state index in [0.717, 1.165) is 5.56 Å². The van der Waals surface area contributed by atoms with E-state index in [1.54, 1.807) is 49.6 Å². The van der Waals surface area contributed by atoms with Gasteiger partial charge >= 0.3 is 5.97 Å². The predicted molar refractivity (Wildman–Crippen MR) is 115 cm³/mol. The Morgan fingerprint density at radius 1 is 0.903 bits per heavy atom. The Kier molecular flexibility index (Phi) is 5.71. The molecule has 0 spiro atoms. The standard InChI is InChI=1S/C25H20O6/c1-29-19-10-7-17(8-11-19)24(26)20(13-16-5-3-2-4-6-16)23(25(27)28)18-9-12-21-22(14-18)31-15-30-21/h2-12,14H,13,15H2,1H3,(H,27,28)/b23-20+. The largest absolute Gasteiger partial charge is 0.497 e. The van der Waals surface area contributed by atoms with E-state index >= 15 is 0 Å². The number of hydrogen-bond acceptors (Lipinski definition) is 5. The van der Waals surface area contributed by atoms with Crippen molar-refractivity contribution in [3.05, 3.63) is 95.1 Å². The van der Waals surface area contributed by atoms with E-state index in [4.69, 9.17) is 14.2 Å². The number of carboxylic acids is 1. The van der Waals surface area contributed by atoms with Crippen molar-refractivity contribution in [3.63, 3.8) is 0 Å². The number of carbonyl (C=O) groups is 2. The molecule has 6 nitrogen and oxygen atoms in total. The number of carbonyl (C=O) groups excluding carboxylic acids is 1. The molecule has 6 heteroatoms. The van der Waals surface area contributed by atoms with Gasteiger partial charge in [-0.1, -0.05) is 36.4 Å². The Morgan fingerprint density at radius 2 is 1.58 bits per heavy atom. The highest BCUT2D eigenvalue weighted by Gasteiger charge is 2.25. The van der Waals surface area contributed by atoms with Crippen LogP contribution >= 0.6 is 0 Å². The second-order valence-electron chi connectivity index (χ2n) is 6.95. The van der Waals surface area contributed by atoms with Crippen molar-refractivity contribution in [1.82, 2.24) is 0 Å². The summed E-state index contributed by atoms with van der Waals surface area (Å²) >= 11 is 0. The fraction of sp³-hybridized carbons (Fsp3) is 0.120. The van der Waals surface area contributed by atoms with Crippen LogP contribution in [0.4, 0.5) is 0 Å². The number of Topliss-reactive ketones (excluding diaryl/α,β-unsaturated/α-hetero) is 1. The van der Waals surface area contributed by atoms with Crippen LogP contribution in [-0.2, 0) is 11.2 Å². The fourth-order valence-corrected chi connectivity index (χ4v) is 3.48. The molecule has 3 aromatic carbocycles. The molecule has 0 saturated heterocycles. The first kappa shape index (κ1) is 20.2. The zero-order chi connectivity index (χ0) is 21.8. The molecule has 0 fully saturated rings. The lowest BCUT2D eigenvalue weighted by molar-refractivity contribution is -0.130. The molecule has 0 amide bonds. The Bertz CT molecular complexity index is 1150. The van der Waals surface area contributed by atoms with E-state index in [2.05, 4.69) is 0 Å². The first-order valence-electron chi connectivity index (χ1n) is 9.66. The predicted octanol–water partition coefficient (Wildman–Crippen LogP) is 4.39. The van der Waals surface area contributed by atoms with Crippen LogP contribution in [0, 0.1) is 0 Å². The van der Waals surface area contributed by atoms with Crippen molar-refractivity contribution in [2.75, 3.05) is 13.9 Å². The Morgan fingerprint density at radius 3 is 2.26 bits per heavy atom. The molecule has 0 saturated carbocycles. The Hall–Kier alpha value is -4.06. The molecule has 0 unspecified atom stereocenters. The minimum absolute atomic E-state index is 0.0667. The zero-order valence-corrected chi connectivity index (χ0v) is 16.8. The number of methoxy groups -OCH3 is 1. The summed E-state index contributed by atoms with van der Waals surface area (Å²) in [5.74, 6) is 0.0550. The molecule has 0 radical (unpaired) electrons. The van der Waals surface area contributed by atoms with Crippen molar-refractivity contribution >= 4 is 17.3 Å². The minimum atomic E-state index is -1.19. The van der Waals surface area contributed by atoms with Crippen LogP contribution in [0.5, 0.6) is 17.2 Å². The van der Waals surface area contributed by atoms with Crippen LogP contribution in [0.1, 0.15) is 21.5 Å². The number of rotatable bonds is 7. The lowest BCUT2D eigenvalue weighted by Gasteiger charge is -2.14. The summed E-state index contributed by atoms with van der Waals surface area (Å²) in [6.07, 6.45) is 0.168. The number of allylic oxidation sites excluding steroid dienone is 1. The zero-order valence-electron chi connectivity index (χ0n) is 16.8. The number of fused-ring (bicyclic) bond motifs is 1. The van der Waals surface area contributed by atoms with Gasteiger partial charge < -0.3 is 19.3 Å². The topological polar surface area (TPSA) is 82.1 Å². The number of aliphatic carboxylic acids is 1. The summed E-state index contributed by atoms with van der Waals surface area (Å²) in [6, 6.07) is 20.8. The van der Waals surface area contributed by atoms with Gasteiger partial charge in [-0.05, 0) is 47.5 Å². The third kappa shape index (κ3) is 4.28. The van der Waals surface area contributed by atoms with Gasteiger partial charge in [0.25, 0.3) is 0 Å². The summed E-state index contributed by atoms with van der Waals surface area (Å²) in [6.45, 7) is 0.0759. The van der Waals surface area contributed by atoms with Crippen LogP contribution in [0.15, 0.2) is 78.4 Å². The second-order valence-corrected chi connectivity index (χ2v) is 6.95. The lowest BCUT2D eigenvalue weighted by atomic mass is 9.89. The molecule has 1 heterocycles. The summed E-state index contributed by atoms with van der Waals surface area (Å²) < 4.78 is 15.9. The molecule has 156 valence electrons. The molecule has 0 aromatic heterocycles. The van der Waals surface area contributed by atoms with E-state index < -0.39 is 5.97 Å². The lowest BCUT2D eigenvalue weighted by Crippen LogP contribution is -2.14. The second kappa shape index (κ2) is 8.75. The maximum Gasteiger partial charge on any atom is 0.336 e. The van der Waals surface area contributed by atoms with Gasteiger partial charge in [0.15, 0.2) is 17.3 Å². The van der Waals surface area contributed by atoms with E-state index in [9.17, 15) is 14.7 Å². The Labute approximate surface area is 179 Å². The molecule has 0 aliphatic carbocycles. The van der Waals surface area contributed by atoms with Crippen molar-refractivity contribution < 1.29 is 28.9 Å². The van der Waals surface area contributed by atoms with Gasteiger partial charge in [-0.25, -0.2) is 4.79 Å². The van der Waals surface area contributed by atoms with Crippen LogP contribution < -0.4 is 14.2 Å². The maximum atomic E-state index is 13.5. The summed E-state index contributed by atoms with van der Waals surface area (Å²) in [5, 5.41) is 10.1. The highest BCUT2D eigenvalue weighted by atomic mass is 16.7. The van der Waals surface area contributed by atoms with Crippen LogP contribution in [0.3, 0.4) is 0 Å². The molecule has 1 aliphatic heterocycles. The molecule has 1 N–H and O–H groups in total. The van der Waals surface area contributed by atoms with E-state index in [1.165, 1.54) is 0 Å². The third-order valence-electron chi connectivity index (χ3n) is 5.03.